The summed E-state index contributed by atoms with van der Waals surface area (Å²) in [7, 11) is 0. The van der Waals surface area contributed by atoms with Gasteiger partial charge in [-0.2, -0.15) is 0 Å². The molecular weight excluding hydrogens is 204 g/mol. The number of nitrogens with one attached hydrogen (secondary N) is 2. The second kappa shape index (κ2) is 6.21. The minimum atomic E-state index is 0.209. The van der Waals surface area contributed by atoms with E-state index < -0.39 is 0 Å². The Labute approximate surface area is 97.1 Å². The maximum atomic E-state index is 11.7. The molecule has 2 rings (SSSR count). The van der Waals surface area contributed by atoms with Gasteiger partial charge in [0.15, 0.2) is 0 Å². The lowest BCUT2D eigenvalue weighted by atomic mass is 10.0. The Morgan fingerprint density at radius 3 is 3.06 bits per heavy atom. The van der Waals surface area contributed by atoms with E-state index in [1.54, 1.807) is 0 Å². The standard InChI is InChI=1S/C12H22N2O2/c15-12(4-3-10-5-7-16-9-10)14-11-2-1-6-13-8-11/h10-11,13H,1-9H2,(H,14,15). The topological polar surface area (TPSA) is 50.4 Å². The molecular formula is C12H22N2O2. The van der Waals surface area contributed by atoms with E-state index in [-0.39, 0.29) is 5.91 Å². The van der Waals surface area contributed by atoms with Crippen molar-refractivity contribution < 1.29 is 9.53 Å². The minimum absolute atomic E-state index is 0.209. The minimum Gasteiger partial charge on any atom is -0.381 e. The Kier molecular flexibility index (Phi) is 4.60. The van der Waals surface area contributed by atoms with Gasteiger partial charge in [0.25, 0.3) is 0 Å². The largest absolute Gasteiger partial charge is 0.381 e. The van der Waals surface area contributed by atoms with Crippen molar-refractivity contribution in [3.63, 3.8) is 0 Å². The first-order valence-electron chi connectivity index (χ1n) is 6.42. The highest BCUT2D eigenvalue weighted by Gasteiger charge is 2.19. The van der Waals surface area contributed by atoms with Crippen molar-refractivity contribution in [2.24, 2.45) is 5.92 Å². The average molecular weight is 226 g/mol. The molecule has 0 bridgehead atoms. The molecule has 1 amide bonds. The van der Waals surface area contributed by atoms with Gasteiger partial charge in [-0.05, 0) is 38.1 Å². The number of carbonyl (C=O) groups excluding carboxylic acids is 1. The monoisotopic (exact) mass is 226 g/mol. The van der Waals surface area contributed by atoms with Gasteiger partial charge in [-0.15, -0.1) is 0 Å². The van der Waals surface area contributed by atoms with Crippen molar-refractivity contribution in [2.45, 2.75) is 38.1 Å². The summed E-state index contributed by atoms with van der Waals surface area (Å²) in [5.41, 5.74) is 0. The molecule has 2 atom stereocenters. The van der Waals surface area contributed by atoms with E-state index in [0.717, 1.165) is 45.6 Å². The highest BCUT2D eigenvalue weighted by atomic mass is 16.5. The summed E-state index contributed by atoms with van der Waals surface area (Å²) in [6, 6.07) is 0.348. The third kappa shape index (κ3) is 3.76. The molecule has 0 saturated carbocycles. The van der Waals surface area contributed by atoms with Gasteiger partial charge < -0.3 is 15.4 Å². The van der Waals surface area contributed by atoms with Crippen LogP contribution < -0.4 is 10.6 Å². The second-order valence-corrected chi connectivity index (χ2v) is 4.88. The first-order chi connectivity index (χ1) is 7.84. The summed E-state index contributed by atoms with van der Waals surface area (Å²) in [4.78, 5) is 11.7. The molecule has 2 N–H and O–H groups in total. The van der Waals surface area contributed by atoms with Crippen LogP contribution in [0.2, 0.25) is 0 Å². The highest BCUT2D eigenvalue weighted by Crippen LogP contribution is 2.17. The van der Waals surface area contributed by atoms with Crippen molar-refractivity contribution >= 4 is 5.91 Å². The van der Waals surface area contributed by atoms with Crippen molar-refractivity contribution in [1.82, 2.24) is 10.6 Å². The van der Waals surface area contributed by atoms with Gasteiger partial charge in [-0.1, -0.05) is 0 Å². The zero-order valence-corrected chi connectivity index (χ0v) is 9.84. The Hall–Kier alpha value is -0.610. The number of amides is 1. The van der Waals surface area contributed by atoms with E-state index in [4.69, 9.17) is 4.74 Å². The summed E-state index contributed by atoms with van der Waals surface area (Å²) >= 11 is 0. The average Bonchev–Trinajstić information content (AvgIpc) is 2.81. The van der Waals surface area contributed by atoms with Crippen LogP contribution in [0.3, 0.4) is 0 Å². The van der Waals surface area contributed by atoms with E-state index in [0.29, 0.717) is 18.4 Å². The first kappa shape index (κ1) is 11.9. The van der Waals surface area contributed by atoms with Gasteiger partial charge in [-0.3, -0.25) is 4.79 Å². The molecule has 16 heavy (non-hydrogen) atoms. The van der Waals surface area contributed by atoms with Crippen LogP contribution >= 0.6 is 0 Å². The lowest BCUT2D eigenvalue weighted by Gasteiger charge is -2.24. The van der Waals surface area contributed by atoms with Crippen LogP contribution in [0.15, 0.2) is 0 Å². The Morgan fingerprint density at radius 2 is 2.38 bits per heavy atom. The van der Waals surface area contributed by atoms with Crippen LogP contribution in [0.1, 0.15) is 32.1 Å². The molecule has 92 valence electrons. The SMILES string of the molecule is O=C(CCC1CCOC1)NC1CCCNC1. The van der Waals surface area contributed by atoms with E-state index in [2.05, 4.69) is 10.6 Å². The summed E-state index contributed by atoms with van der Waals surface area (Å²) in [6.07, 6.45) is 5.04. The van der Waals surface area contributed by atoms with Crippen LogP contribution in [0.5, 0.6) is 0 Å². The molecule has 2 aliphatic rings. The molecule has 2 saturated heterocycles. The summed E-state index contributed by atoms with van der Waals surface area (Å²) < 4.78 is 5.30. The van der Waals surface area contributed by atoms with Crippen molar-refractivity contribution in [2.75, 3.05) is 26.3 Å². The number of hydrogen-bond acceptors (Lipinski definition) is 3. The highest BCUT2D eigenvalue weighted by molar-refractivity contribution is 5.76. The summed E-state index contributed by atoms with van der Waals surface area (Å²) in [5.74, 6) is 0.816. The molecule has 0 aromatic rings. The Morgan fingerprint density at radius 1 is 1.44 bits per heavy atom. The van der Waals surface area contributed by atoms with E-state index >= 15 is 0 Å². The van der Waals surface area contributed by atoms with Crippen molar-refractivity contribution in [3.05, 3.63) is 0 Å². The van der Waals surface area contributed by atoms with Crippen LogP contribution in [-0.2, 0) is 9.53 Å². The molecule has 4 heteroatoms. The number of piperidine rings is 1. The van der Waals surface area contributed by atoms with Crippen LogP contribution in [0, 0.1) is 5.92 Å². The van der Waals surface area contributed by atoms with Crippen LogP contribution in [0.25, 0.3) is 0 Å². The fraction of sp³-hybridized carbons (Fsp3) is 0.917. The van der Waals surface area contributed by atoms with Gasteiger partial charge in [-0.25, -0.2) is 0 Å². The summed E-state index contributed by atoms with van der Waals surface area (Å²) in [6.45, 7) is 3.74. The maximum Gasteiger partial charge on any atom is 0.220 e. The third-order valence-corrected chi connectivity index (χ3v) is 3.47. The smallest absolute Gasteiger partial charge is 0.220 e. The second-order valence-electron chi connectivity index (χ2n) is 4.88. The maximum absolute atomic E-state index is 11.7. The van der Waals surface area contributed by atoms with Gasteiger partial charge in [0.1, 0.15) is 0 Å². The van der Waals surface area contributed by atoms with Crippen LogP contribution in [-0.4, -0.2) is 38.3 Å². The number of hydrogen-bond donors (Lipinski definition) is 2. The fourth-order valence-corrected chi connectivity index (χ4v) is 2.42. The third-order valence-electron chi connectivity index (χ3n) is 3.47. The number of ether oxygens (including phenoxy) is 1. The first-order valence-corrected chi connectivity index (χ1v) is 6.42. The molecule has 2 fully saturated rings. The van der Waals surface area contributed by atoms with E-state index in [1.807, 2.05) is 0 Å². The fourth-order valence-electron chi connectivity index (χ4n) is 2.42. The van der Waals surface area contributed by atoms with Crippen molar-refractivity contribution in [3.8, 4) is 0 Å². The normalized spacial score (nSPS) is 30.2. The van der Waals surface area contributed by atoms with Gasteiger partial charge in [0.2, 0.25) is 5.91 Å². The van der Waals surface area contributed by atoms with Crippen molar-refractivity contribution in [1.29, 1.82) is 0 Å². The van der Waals surface area contributed by atoms with Gasteiger partial charge in [0, 0.05) is 32.2 Å². The Bertz CT molecular complexity index is 221. The molecule has 0 aromatic carbocycles. The van der Waals surface area contributed by atoms with E-state index in [1.165, 1.54) is 6.42 Å². The number of carbonyl (C=O) groups is 1. The lowest BCUT2D eigenvalue weighted by molar-refractivity contribution is -0.122. The molecule has 0 spiro atoms. The quantitative estimate of drug-likeness (QED) is 0.741. The molecule has 0 aromatic heterocycles. The molecule has 0 aliphatic carbocycles. The zero-order valence-electron chi connectivity index (χ0n) is 9.84. The molecule has 0 radical (unpaired) electrons. The summed E-state index contributed by atoms with van der Waals surface area (Å²) in [5, 5.41) is 6.40. The predicted octanol–water partition coefficient (Wildman–Crippen LogP) is 0.671. The molecule has 2 aliphatic heterocycles. The zero-order chi connectivity index (χ0) is 11.2. The van der Waals surface area contributed by atoms with Crippen LogP contribution in [0.4, 0.5) is 0 Å². The molecule has 2 heterocycles. The molecule has 2 unspecified atom stereocenters. The predicted molar refractivity (Wildman–Crippen MR) is 62.2 cm³/mol. The molecule has 4 nitrogen and oxygen atoms in total. The lowest BCUT2D eigenvalue weighted by Crippen LogP contribution is -2.45. The van der Waals surface area contributed by atoms with Gasteiger partial charge >= 0.3 is 0 Å². The number of rotatable bonds is 4. The van der Waals surface area contributed by atoms with E-state index in [9.17, 15) is 4.79 Å². The van der Waals surface area contributed by atoms with Gasteiger partial charge in [0.05, 0.1) is 0 Å². The Balaban J connectivity index is 1.59.